The third-order valence-electron chi connectivity index (χ3n) is 7.96. The molecule has 1 saturated heterocycles. The van der Waals surface area contributed by atoms with Crippen molar-refractivity contribution in [2.75, 3.05) is 6.61 Å². The Morgan fingerprint density at radius 3 is 2.04 bits per heavy atom. The fourth-order valence-electron chi connectivity index (χ4n) is 5.94. The average molecular weight is 395 g/mol. The van der Waals surface area contributed by atoms with Crippen LogP contribution in [0.4, 0.5) is 8.78 Å². The van der Waals surface area contributed by atoms with Crippen LogP contribution in [0.3, 0.4) is 0 Å². The Bertz CT molecular complexity index is 475. The Hall–Kier alpha value is -0.700. The topological polar surface area (TPSA) is 9.23 Å². The molecule has 0 radical (unpaired) electrons. The zero-order valence-corrected chi connectivity index (χ0v) is 17.6. The zero-order chi connectivity index (χ0) is 19.8. The Morgan fingerprint density at radius 1 is 0.786 bits per heavy atom. The minimum atomic E-state index is -1.52. The molecule has 3 aliphatic rings. The fourth-order valence-corrected chi connectivity index (χ4v) is 5.94. The van der Waals surface area contributed by atoms with Crippen molar-refractivity contribution in [3.8, 4) is 0 Å². The number of hydrogen-bond donors (Lipinski definition) is 0. The van der Waals surface area contributed by atoms with Crippen LogP contribution in [0.1, 0.15) is 89.9 Å². The minimum Gasteiger partial charge on any atom is -0.378 e. The summed E-state index contributed by atoms with van der Waals surface area (Å²) in [6.45, 7) is 4.91. The zero-order valence-electron chi connectivity index (χ0n) is 17.6. The van der Waals surface area contributed by atoms with E-state index in [-0.39, 0.29) is 0 Å². The third kappa shape index (κ3) is 6.97. The maximum atomic E-state index is 12.2. The smallest absolute Gasteiger partial charge is 0.266 e. The lowest BCUT2D eigenvalue weighted by Crippen LogP contribution is -2.32. The van der Waals surface area contributed by atoms with Crippen LogP contribution in [0.25, 0.3) is 0 Å². The summed E-state index contributed by atoms with van der Waals surface area (Å²) in [6.07, 6.45) is 19.3. The lowest BCUT2D eigenvalue weighted by atomic mass is 9.72. The molecule has 2 saturated carbocycles. The van der Waals surface area contributed by atoms with Crippen molar-refractivity contribution in [2.24, 2.45) is 29.6 Å². The molecular weight excluding hydrogens is 354 g/mol. The van der Waals surface area contributed by atoms with Gasteiger partial charge in [-0.25, -0.2) is 0 Å². The molecule has 1 aliphatic heterocycles. The molecule has 3 fully saturated rings. The van der Waals surface area contributed by atoms with E-state index in [9.17, 15) is 8.78 Å². The summed E-state index contributed by atoms with van der Waals surface area (Å²) < 4.78 is 30.6. The van der Waals surface area contributed by atoms with Crippen LogP contribution >= 0.6 is 0 Å². The van der Waals surface area contributed by atoms with Crippen LogP contribution < -0.4 is 0 Å². The van der Waals surface area contributed by atoms with Crippen molar-refractivity contribution < 1.29 is 13.5 Å². The van der Waals surface area contributed by atoms with Gasteiger partial charge in [0, 0.05) is 0 Å². The predicted octanol–water partition coefficient (Wildman–Crippen LogP) is 7.92. The molecule has 2 aliphatic carbocycles. The Balaban J connectivity index is 1.27. The van der Waals surface area contributed by atoms with Gasteiger partial charge < -0.3 is 4.74 Å². The number of hydrogen-bond acceptors (Lipinski definition) is 1. The van der Waals surface area contributed by atoms with Gasteiger partial charge in [-0.2, -0.15) is 8.78 Å². The molecule has 0 aromatic heterocycles. The van der Waals surface area contributed by atoms with Crippen molar-refractivity contribution in [2.45, 2.75) is 96.0 Å². The molecule has 2 unspecified atom stereocenters. The van der Waals surface area contributed by atoms with Crippen LogP contribution in [-0.4, -0.2) is 12.7 Å². The van der Waals surface area contributed by atoms with Crippen molar-refractivity contribution in [3.63, 3.8) is 0 Å². The van der Waals surface area contributed by atoms with E-state index in [1.165, 1.54) is 77.0 Å². The average Bonchev–Trinajstić information content (AvgIpc) is 2.73. The Morgan fingerprint density at radius 2 is 1.43 bits per heavy atom. The van der Waals surface area contributed by atoms with E-state index in [1.807, 2.05) is 0 Å². The molecule has 0 amide bonds. The summed E-state index contributed by atoms with van der Waals surface area (Å²) >= 11 is 0. The molecular formula is C25H40F2O. The van der Waals surface area contributed by atoms with Gasteiger partial charge in [-0.05, 0) is 113 Å². The Labute approximate surface area is 171 Å². The molecule has 3 rings (SSSR count). The monoisotopic (exact) mass is 394 g/mol. The van der Waals surface area contributed by atoms with E-state index in [0.717, 1.165) is 42.8 Å². The molecule has 1 heterocycles. The second-order valence-corrected chi connectivity index (χ2v) is 9.74. The van der Waals surface area contributed by atoms with E-state index in [1.54, 1.807) is 0 Å². The fraction of sp³-hybridized carbons (Fsp3) is 0.840. The maximum Gasteiger partial charge on any atom is 0.266 e. The van der Waals surface area contributed by atoms with Crippen LogP contribution in [0, 0.1) is 29.6 Å². The highest BCUT2D eigenvalue weighted by molar-refractivity contribution is 4.86. The van der Waals surface area contributed by atoms with Crippen molar-refractivity contribution in [1.29, 1.82) is 0 Å². The molecule has 0 spiro atoms. The summed E-state index contributed by atoms with van der Waals surface area (Å²) in [7, 11) is 0. The van der Waals surface area contributed by atoms with Gasteiger partial charge in [0.15, 0.2) is 0 Å². The van der Waals surface area contributed by atoms with Crippen molar-refractivity contribution in [1.82, 2.24) is 0 Å². The largest absolute Gasteiger partial charge is 0.378 e. The van der Waals surface area contributed by atoms with Gasteiger partial charge in [0.2, 0.25) is 0 Å². The standard InChI is InChI=1S/C25H40F2O/c1-2-19-6-8-21(9-7-19)12-16-24-17-15-23(18-28-24)22-13-10-20(11-14-22)4-3-5-25(26)27/h2,5,19-24H,1,3-4,6-18H2. The van der Waals surface area contributed by atoms with Crippen LogP contribution in [0.15, 0.2) is 24.8 Å². The molecule has 0 N–H and O–H groups in total. The van der Waals surface area contributed by atoms with E-state index in [2.05, 4.69) is 12.7 Å². The SMILES string of the molecule is C=CC1CCC(CCC2CCC(C3CCC(CCC=C(F)F)CC3)CO2)CC1. The minimum absolute atomic E-state index is 0.493. The highest BCUT2D eigenvalue weighted by Crippen LogP contribution is 2.40. The maximum absolute atomic E-state index is 12.2. The highest BCUT2D eigenvalue weighted by Gasteiger charge is 2.31. The first kappa shape index (κ1) is 22.0. The Kier molecular flexibility index (Phi) is 9.02. The first-order valence-electron chi connectivity index (χ1n) is 11.9. The summed E-state index contributed by atoms with van der Waals surface area (Å²) in [6, 6.07) is 0. The first-order valence-corrected chi connectivity index (χ1v) is 11.9. The van der Waals surface area contributed by atoms with Gasteiger partial charge in [-0.3, -0.25) is 0 Å². The lowest BCUT2D eigenvalue weighted by molar-refractivity contribution is -0.0447. The van der Waals surface area contributed by atoms with Gasteiger partial charge in [0.05, 0.1) is 12.7 Å². The molecule has 28 heavy (non-hydrogen) atoms. The normalized spacial score (nSPS) is 36.6. The molecule has 2 atom stereocenters. The molecule has 0 bridgehead atoms. The number of rotatable bonds is 8. The van der Waals surface area contributed by atoms with Gasteiger partial charge in [-0.15, -0.1) is 6.58 Å². The molecule has 160 valence electrons. The van der Waals surface area contributed by atoms with E-state index < -0.39 is 6.08 Å². The number of ether oxygens (including phenoxy) is 1. The van der Waals surface area contributed by atoms with Crippen LogP contribution in [0.2, 0.25) is 0 Å². The summed E-state index contributed by atoms with van der Waals surface area (Å²) in [5, 5.41) is 0. The van der Waals surface area contributed by atoms with Crippen molar-refractivity contribution in [3.05, 3.63) is 24.8 Å². The predicted molar refractivity (Wildman–Crippen MR) is 112 cm³/mol. The number of allylic oxidation sites excluding steroid dienone is 2. The number of halogens is 2. The molecule has 0 aromatic carbocycles. The second-order valence-electron chi connectivity index (χ2n) is 9.74. The molecule has 3 heteroatoms. The van der Waals surface area contributed by atoms with Crippen LogP contribution in [0.5, 0.6) is 0 Å². The van der Waals surface area contributed by atoms with Gasteiger partial charge in [0.1, 0.15) is 0 Å². The third-order valence-corrected chi connectivity index (χ3v) is 7.96. The molecule has 1 nitrogen and oxygen atoms in total. The van der Waals surface area contributed by atoms with Crippen molar-refractivity contribution >= 4 is 0 Å². The second kappa shape index (κ2) is 11.5. The quantitative estimate of drug-likeness (QED) is 0.380. The molecule has 0 aromatic rings. The summed E-state index contributed by atoms with van der Waals surface area (Å²) in [5.74, 6) is 3.87. The van der Waals surface area contributed by atoms with Gasteiger partial charge in [0.25, 0.3) is 6.08 Å². The lowest BCUT2D eigenvalue weighted by Gasteiger charge is -2.38. The summed E-state index contributed by atoms with van der Waals surface area (Å²) in [5.41, 5.74) is 0. The van der Waals surface area contributed by atoms with E-state index >= 15 is 0 Å². The van der Waals surface area contributed by atoms with E-state index in [0.29, 0.717) is 18.4 Å². The summed E-state index contributed by atoms with van der Waals surface area (Å²) in [4.78, 5) is 0. The van der Waals surface area contributed by atoms with Gasteiger partial charge >= 0.3 is 0 Å². The van der Waals surface area contributed by atoms with Gasteiger partial charge in [-0.1, -0.05) is 18.9 Å². The van der Waals surface area contributed by atoms with E-state index in [4.69, 9.17) is 4.74 Å². The highest BCUT2D eigenvalue weighted by atomic mass is 19.3. The van der Waals surface area contributed by atoms with Crippen LogP contribution in [-0.2, 0) is 4.74 Å². The first-order chi connectivity index (χ1) is 13.6.